The molecule has 22 heavy (non-hydrogen) atoms. The summed E-state index contributed by atoms with van der Waals surface area (Å²) >= 11 is 0. The molecule has 0 atom stereocenters. The maximum absolute atomic E-state index is 5.76. The van der Waals surface area contributed by atoms with Crippen LogP contribution in [-0.4, -0.2) is 44.2 Å². The van der Waals surface area contributed by atoms with Crippen LogP contribution in [0.5, 0.6) is 5.75 Å². The molecule has 1 fully saturated rings. The summed E-state index contributed by atoms with van der Waals surface area (Å²) in [5.74, 6) is 1.01. The van der Waals surface area contributed by atoms with E-state index in [1.165, 1.54) is 63.8 Å². The number of hydrogen-bond acceptors (Lipinski definition) is 3. The topological polar surface area (TPSA) is 24.5 Å². The summed E-state index contributed by atoms with van der Waals surface area (Å²) in [6.07, 6.45) is 7.35. The van der Waals surface area contributed by atoms with Crippen LogP contribution in [0.3, 0.4) is 0 Å². The second-order valence-corrected chi connectivity index (χ2v) is 6.25. The summed E-state index contributed by atoms with van der Waals surface area (Å²) in [6.45, 7) is 9.05. The molecular formula is C19H32N2O. The molecule has 1 heterocycles. The highest BCUT2D eigenvalue weighted by molar-refractivity contribution is 5.27. The van der Waals surface area contributed by atoms with Gasteiger partial charge in [-0.15, -0.1) is 0 Å². The van der Waals surface area contributed by atoms with Crippen molar-refractivity contribution in [3.63, 3.8) is 0 Å². The van der Waals surface area contributed by atoms with Gasteiger partial charge in [0.05, 0.1) is 6.61 Å². The summed E-state index contributed by atoms with van der Waals surface area (Å²) in [6, 6.07) is 8.69. The fourth-order valence-corrected chi connectivity index (χ4v) is 2.93. The largest absolute Gasteiger partial charge is 0.494 e. The van der Waals surface area contributed by atoms with Gasteiger partial charge >= 0.3 is 0 Å². The molecule has 0 aromatic heterocycles. The molecule has 3 heteroatoms. The first-order valence-electron chi connectivity index (χ1n) is 9.03. The minimum atomic E-state index is 0.843. The number of aryl methyl sites for hydroxylation is 1. The maximum atomic E-state index is 5.76. The highest BCUT2D eigenvalue weighted by Crippen LogP contribution is 2.14. The maximum Gasteiger partial charge on any atom is 0.119 e. The summed E-state index contributed by atoms with van der Waals surface area (Å²) in [5.41, 5.74) is 1.42. The predicted molar refractivity (Wildman–Crippen MR) is 93.7 cm³/mol. The van der Waals surface area contributed by atoms with Crippen LogP contribution >= 0.6 is 0 Å². The number of hydrogen-bond donors (Lipinski definition) is 1. The van der Waals surface area contributed by atoms with Crippen LogP contribution in [0.4, 0.5) is 0 Å². The molecule has 0 spiro atoms. The monoisotopic (exact) mass is 304 g/mol. The van der Waals surface area contributed by atoms with Crippen molar-refractivity contribution < 1.29 is 4.74 Å². The van der Waals surface area contributed by atoms with E-state index in [0.29, 0.717) is 0 Å². The van der Waals surface area contributed by atoms with Gasteiger partial charge in [0.15, 0.2) is 0 Å². The summed E-state index contributed by atoms with van der Waals surface area (Å²) in [5, 5.41) is 3.46. The highest BCUT2D eigenvalue weighted by atomic mass is 16.5. The Morgan fingerprint density at radius 2 is 1.91 bits per heavy atom. The molecule has 1 aromatic carbocycles. The third-order valence-corrected chi connectivity index (χ3v) is 4.31. The molecule has 1 N–H and O–H groups in total. The van der Waals surface area contributed by atoms with Crippen molar-refractivity contribution in [3.8, 4) is 5.75 Å². The van der Waals surface area contributed by atoms with E-state index >= 15 is 0 Å². The Bertz CT molecular complexity index is 383. The third kappa shape index (κ3) is 6.80. The van der Waals surface area contributed by atoms with Crippen molar-refractivity contribution in [2.24, 2.45) is 0 Å². The number of rotatable bonds is 9. The van der Waals surface area contributed by atoms with Gasteiger partial charge in [-0.2, -0.15) is 0 Å². The Balaban J connectivity index is 1.63. The van der Waals surface area contributed by atoms with Gasteiger partial charge in [-0.3, -0.25) is 0 Å². The molecule has 124 valence electrons. The standard InChI is InChI=1S/C19H32N2O/c1-2-3-4-17-22-19-10-8-18(9-11-19)7-5-14-21-15-6-12-20-13-16-21/h8-11,20H,2-7,12-17H2,1H3. The zero-order valence-electron chi connectivity index (χ0n) is 14.2. The van der Waals surface area contributed by atoms with Gasteiger partial charge in [0.25, 0.3) is 0 Å². The zero-order chi connectivity index (χ0) is 15.5. The lowest BCUT2D eigenvalue weighted by molar-refractivity contribution is 0.289. The van der Waals surface area contributed by atoms with Crippen molar-refractivity contribution >= 4 is 0 Å². The lowest BCUT2D eigenvalue weighted by Gasteiger charge is -2.19. The number of nitrogens with one attached hydrogen (secondary N) is 1. The van der Waals surface area contributed by atoms with E-state index in [1.54, 1.807) is 0 Å². The van der Waals surface area contributed by atoms with E-state index in [-0.39, 0.29) is 0 Å². The van der Waals surface area contributed by atoms with Gasteiger partial charge in [-0.05, 0) is 63.0 Å². The molecule has 3 nitrogen and oxygen atoms in total. The van der Waals surface area contributed by atoms with Crippen molar-refractivity contribution in [2.75, 3.05) is 39.3 Å². The molecule has 0 saturated carbocycles. The molecule has 1 aliphatic rings. The van der Waals surface area contributed by atoms with Crippen LogP contribution in [-0.2, 0) is 6.42 Å². The van der Waals surface area contributed by atoms with Crippen molar-refractivity contribution in [1.82, 2.24) is 10.2 Å². The zero-order valence-corrected chi connectivity index (χ0v) is 14.2. The van der Waals surface area contributed by atoms with Crippen LogP contribution in [0.25, 0.3) is 0 Å². The van der Waals surface area contributed by atoms with Gasteiger partial charge in [0.1, 0.15) is 5.75 Å². The van der Waals surface area contributed by atoms with Gasteiger partial charge in [-0.25, -0.2) is 0 Å². The Labute approximate surface area is 136 Å². The lowest BCUT2D eigenvalue weighted by Crippen LogP contribution is -2.29. The van der Waals surface area contributed by atoms with Crippen LogP contribution in [0.1, 0.15) is 44.6 Å². The normalized spacial score (nSPS) is 16.4. The molecule has 1 saturated heterocycles. The Morgan fingerprint density at radius 3 is 2.73 bits per heavy atom. The Hall–Kier alpha value is -1.06. The van der Waals surface area contributed by atoms with Crippen LogP contribution < -0.4 is 10.1 Å². The van der Waals surface area contributed by atoms with E-state index in [0.717, 1.165) is 25.3 Å². The van der Waals surface area contributed by atoms with Crippen LogP contribution in [0.2, 0.25) is 0 Å². The van der Waals surface area contributed by atoms with Gasteiger partial charge < -0.3 is 15.0 Å². The second-order valence-electron chi connectivity index (χ2n) is 6.25. The van der Waals surface area contributed by atoms with E-state index < -0.39 is 0 Å². The first-order chi connectivity index (χ1) is 10.9. The number of benzene rings is 1. The highest BCUT2D eigenvalue weighted by Gasteiger charge is 2.07. The quantitative estimate of drug-likeness (QED) is 0.707. The van der Waals surface area contributed by atoms with Gasteiger partial charge in [0, 0.05) is 13.1 Å². The lowest BCUT2D eigenvalue weighted by atomic mass is 10.1. The number of unbranched alkanes of at least 4 members (excludes halogenated alkanes) is 2. The molecule has 0 bridgehead atoms. The molecule has 0 aliphatic carbocycles. The van der Waals surface area contributed by atoms with Gasteiger partial charge in [0.2, 0.25) is 0 Å². The summed E-state index contributed by atoms with van der Waals surface area (Å²) in [4.78, 5) is 2.59. The van der Waals surface area contributed by atoms with Crippen LogP contribution in [0.15, 0.2) is 24.3 Å². The molecule has 0 amide bonds. The Kier molecular flexibility index (Phi) is 8.36. The summed E-state index contributed by atoms with van der Waals surface area (Å²) in [7, 11) is 0. The SMILES string of the molecule is CCCCCOc1ccc(CCCN2CCCNCC2)cc1. The van der Waals surface area contributed by atoms with Crippen molar-refractivity contribution in [2.45, 2.75) is 45.4 Å². The average molecular weight is 304 g/mol. The minimum Gasteiger partial charge on any atom is -0.494 e. The fraction of sp³-hybridized carbons (Fsp3) is 0.684. The first kappa shape index (κ1) is 17.3. The van der Waals surface area contributed by atoms with Crippen molar-refractivity contribution in [3.05, 3.63) is 29.8 Å². The third-order valence-electron chi connectivity index (χ3n) is 4.31. The second kappa shape index (κ2) is 10.6. The number of nitrogens with zero attached hydrogens (tertiary/aromatic N) is 1. The first-order valence-corrected chi connectivity index (χ1v) is 9.03. The van der Waals surface area contributed by atoms with E-state index in [4.69, 9.17) is 4.74 Å². The van der Waals surface area contributed by atoms with E-state index in [1.807, 2.05) is 0 Å². The Morgan fingerprint density at radius 1 is 1.05 bits per heavy atom. The molecule has 1 aromatic rings. The summed E-state index contributed by atoms with van der Waals surface area (Å²) < 4.78 is 5.76. The molecular weight excluding hydrogens is 272 g/mol. The predicted octanol–water partition coefficient (Wildman–Crippen LogP) is 3.48. The minimum absolute atomic E-state index is 0.843. The van der Waals surface area contributed by atoms with Gasteiger partial charge in [-0.1, -0.05) is 31.9 Å². The molecule has 0 unspecified atom stereocenters. The molecule has 2 rings (SSSR count). The smallest absolute Gasteiger partial charge is 0.119 e. The van der Waals surface area contributed by atoms with E-state index in [2.05, 4.69) is 41.4 Å². The number of ether oxygens (including phenoxy) is 1. The van der Waals surface area contributed by atoms with E-state index in [9.17, 15) is 0 Å². The van der Waals surface area contributed by atoms with Crippen molar-refractivity contribution in [1.29, 1.82) is 0 Å². The average Bonchev–Trinajstić information content (AvgIpc) is 2.82. The molecule has 1 aliphatic heterocycles. The van der Waals surface area contributed by atoms with Crippen LogP contribution in [0, 0.1) is 0 Å². The fourth-order valence-electron chi connectivity index (χ4n) is 2.93. The molecule has 0 radical (unpaired) electrons.